The molecule has 2 N–H and O–H groups in total. The number of aryl methyl sites for hydroxylation is 1. The fourth-order valence-corrected chi connectivity index (χ4v) is 3.93. The lowest BCUT2D eigenvalue weighted by Crippen LogP contribution is -2.37. The average Bonchev–Trinajstić information content (AvgIpc) is 3.26. The van der Waals surface area contributed by atoms with E-state index in [1.54, 1.807) is 6.07 Å². The molecule has 0 spiro atoms. The van der Waals surface area contributed by atoms with Crippen LogP contribution in [0.2, 0.25) is 0 Å². The Kier molecular flexibility index (Phi) is 7.85. The van der Waals surface area contributed by atoms with Gasteiger partial charge in [0.2, 0.25) is 5.89 Å². The molecule has 0 bridgehead atoms. The first-order valence-electron chi connectivity index (χ1n) is 11.8. The monoisotopic (exact) mass is 503 g/mol. The number of nitrogens with one attached hydrogen (secondary N) is 2. The van der Waals surface area contributed by atoms with Gasteiger partial charge in [-0.2, -0.15) is 0 Å². The normalized spacial score (nSPS) is 10.9. The highest BCUT2D eigenvalue weighted by atomic mass is 32.1. The summed E-state index contributed by atoms with van der Waals surface area (Å²) >= 11 is 5.32. The number of thiocarbonyl (C=S) groups is 1. The van der Waals surface area contributed by atoms with Gasteiger partial charge in [0.15, 0.2) is 17.3 Å². The van der Waals surface area contributed by atoms with Gasteiger partial charge >= 0.3 is 0 Å². The highest BCUT2D eigenvalue weighted by Gasteiger charge is 2.13. The van der Waals surface area contributed by atoms with Crippen LogP contribution >= 0.6 is 12.2 Å². The van der Waals surface area contributed by atoms with Crippen molar-refractivity contribution in [2.45, 2.75) is 33.6 Å². The SMILES string of the molecule is CCOc1ccc(-c2nc3cc(NC(=S)NC(=O)COc4cc(C)ccc4C(C)C)ccc3o2)cc1. The maximum atomic E-state index is 12.4. The van der Waals surface area contributed by atoms with Crippen molar-refractivity contribution in [3.8, 4) is 23.0 Å². The highest BCUT2D eigenvalue weighted by Crippen LogP contribution is 2.28. The van der Waals surface area contributed by atoms with Gasteiger partial charge in [0.1, 0.15) is 17.0 Å². The Morgan fingerprint density at radius 3 is 2.56 bits per heavy atom. The molecule has 1 heterocycles. The summed E-state index contributed by atoms with van der Waals surface area (Å²) in [6.45, 7) is 8.58. The largest absolute Gasteiger partial charge is 0.494 e. The van der Waals surface area contributed by atoms with Crippen molar-refractivity contribution >= 4 is 40.0 Å². The second-order valence-corrected chi connectivity index (χ2v) is 9.05. The van der Waals surface area contributed by atoms with Gasteiger partial charge in [-0.3, -0.25) is 10.1 Å². The van der Waals surface area contributed by atoms with Crippen molar-refractivity contribution in [1.82, 2.24) is 10.3 Å². The molecule has 3 aromatic carbocycles. The van der Waals surface area contributed by atoms with Crippen molar-refractivity contribution in [2.75, 3.05) is 18.5 Å². The van der Waals surface area contributed by atoms with Crippen molar-refractivity contribution in [3.63, 3.8) is 0 Å². The van der Waals surface area contributed by atoms with Crippen LogP contribution in [0.4, 0.5) is 5.69 Å². The minimum Gasteiger partial charge on any atom is -0.494 e. The standard InChI is InChI=1S/C28H29N3O4S/c1-5-33-21-10-7-19(8-11-21)27-30-23-15-20(9-13-24(23)35-27)29-28(36)31-26(32)16-34-25-14-18(4)6-12-22(25)17(2)3/h6-15,17H,5,16H2,1-4H3,(H2,29,31,32,36). The van der Waals surface area contributed by atoms with Gasteiger partial charge in [-0.15, -0.1) is 0 Å². The quantitative estimate of drug-likeness (QED) is 0.276. The number of fused-ring (bicyclic) bond motifs is 1. The Morgan fingerprint density at radius 2 is 1.83 bits per heavy atom. The number of carbonyl (C=O) groups is 1. The molecule has 0 atom stereocenters. The number of benzene rings is 3. The van der Waals surface area contributed by atoms with Gasteiger partial charge in [-0.1, -0.05) is 26.0 Å². The summed E-state index contributed by atoms with van der Waals surface area (Å²) in [5, 5.41) is 5.85. The van der Waals surface area contributed by atoms with E-state index in [1.807, 2.05) is 68.4 Å². The third kappa shape index (κ3) is 6.20. The van der Waals surface area contributed by atoms with Gasteiger partial charge in [-0.05, 0) is 91.6 Å². The number of anilines is 1. The van der Waals surface area contributed by atoms with Crippen molar-refractivity contribution in [2.24, 2.45) is 0 Å². The number of rotatable bonds is 8. The summed E-state index contributed by atoms with van der Waals surface area (Å²) in [4.78, 5) is 17.0. The first-order valence-corrected chi connectivity index (χ1v) is 12.2. The van der Waals surface area contributed by atoms with E-state index in [0.717, 1.165) is 22.4 Å². The number of hydrogen-bond acceptors (Lipinski definition) is 6. The molecule has 7 nitrogen and oxygen atoms in total. The minimum atomic E-state index is -0.344. The molecule has 1 amide bonds. The summed E-state index contributed by atoms with van der Waals surface area (Å²) in [5.41, 5.74) is 4.97. The van der Waals surface area contributed by atoms with Crippen LogP contribution in [0.25, 0.3) is 22.6 Å². The van der Waals surface area contributed by atoms with E-state index in [9.17, 15) is 4.79 Å². The fraction of sp³-hybridized carbons (Fsp3) is 0.250. The minimum absolute atomic E-state index is 0.140. The van der Waals surface area contributed by atoms with Gasteiger partial charge < -0.3 is 19.2 Å². The lowest BCUT2D eigenvalue weighted by molar-refractivity contribution is -0.121. The van der Waals surface area contributed by atoms with Crippen LogP contribution in [0.15, 0.2) is 65.1 Å². The molecule has 0 fully saturated rings. The molecule has 0 aliphatic carbocycles. The van der Waals surface area contributed by atoms with Crippen LogP contribution in [-0.2, 0) is 4.79 Å². The summed E-state index contributed by atoms with van der Waals surface area (Å²) < 4.78 is 17.2. The average molecular weight is 504 g/mol. The number of carbonyl (C=O) groups excluding carboxylic acids is 1. The third-order valence-corrected chi connectivity index (χ3v) is 5.66. The Morgan fingerprint density at radius 1 is 1.06 bits per heavy atom. The van der Waals surface area contributed by atoms with E-state index in [-0.39, 0.29) is 23.5 Å². The molecular formula is C28H29N3O4S. The number of ether oxygens (including phenoxy) is 2. The molecule has 186 valence electrons. The van der Waals surface area contributed by atoms with E-state index in [1.165, 1.54) is 0 Å². The molecule has 0 saturated carbocycles. The number of nitrogens with zero attached hydrogens (tertiary/aromatic N) is 1. The van der Waals surface area contributed by atoms with Crippen molar-refractivity contribution in [3.05, 3.63) is 71.8 Å². The third-order valence-electron chi connectivity index (χ3n) is 5.46. The van der Waals surface area contributed by atoms with Crippen LogP contribution in [-0.4, -0.2) is 29.2 Å². The fourth-order valence-electron chi connectivity index (χ4n) is 3.70. The highest BCUT2D eigenvalue weighted by molar-refractivity contribution is 7.80. The van der Waals surface area contributed by atoms with Crippen LogP contribution in [0, 0.1) is 6.92 Å². The maximum Gasteiger partial charge on any atom is 0.264 e. The molecule has 36 heavy (non-hydrogen) atoms. The number of hydrogen-bond donors (Lipinski definition) is 2. The summed E-state index contributed by atoms with van der Waals surface area (Å²) in [5.74, 6) is 1.95. The second kappa shape index (κ2) is 11.2. The molecule has 0 radical (unpaired) electrons. The van der Waals surface area contributed by atoms with E-state index >= 15 is 0 Å². The molecule has 0 aliphatic rings. The number of amides is 1. The van der Waals surface area contributed by atoms with Crippen LogP contribution in [0.3, 0.4) is 0 Å². The molecule has 0 unspecified atom stereocenters. The van der Waals surface area contributed by atoms with Gasteiger partial charge in [-0.25, -0.2) is 4.98 Å². The predicted molar refractivity (Wildman–Crippen MR) is 146 cm³/mol. The van der Waals surface area contributed by atoms with Crippen molar-refractivity contribution < 1.29 is 18.7 Å². The first kappa shape index (κ1) is 25.2. The molecule has 1 aromatic heterocycles. The zero-order chi connectivity index (χ0) is 25.7. The summed E-state index contributed by atoms with van der Waals surface area (Å²) in [7, 11) is 0. The number of aromatic nitrogens is 1. The molecule has 4 aromatic rings. The molecular weight excluding hydrogens is 474 g/mol. The second-order valence-electron chi connectivity index (χ2n) is 8.65. The zero-order valence-corrected chi connectivity index (χ0v) is 21.6. The molecule has 0 saturated heterocycles. The van der Waals surface area contributed by atoms with E-state index < -0.39 is 0 Å². The Bertz CT molecular complexity index is 1380. The lowest BCUT2D eigenvalue weighted by atomic mass is 10.0. The first-order chi connectivity index (χ1) is 17.3. The zero-order valence-electron chi connectivity index (χ0n) is 20.8. The number of oxazole rings is 1. The smallest absolute Gasteiger partial charge is 0.264 e. The molecule has 8 heteroatoms. The van der Waals surface area contributed by atoms with E-state index in [0.29, 0.717) is 35.0 Å². The van der Waals surface area contributed by atoms with Crippen LogP contribution in [0.1, 0.15) is 37.8 Å². The van der Waals surface area contributed by atoms with E-state index in [4.69, 9.17) is 26.1 Å². The van der Waals surface area contributed by atoms with Gasteiger partial charge in [0.05, 0.1) is 6.61 Å². The van der Waals surface area contributed by atoms with Crippen molar-refractivity contribution in [1.29, 1.82) is 0 Å². The summed E-state index contributed by atoms with van der Waals surface area (Å²) in [6.07, 6.45) is 0. The Labute approximate surface area is 215 Å². The topological polar surface area (TPSA) is 85.6 Å². The summed E-state index contributed by atoms with van der Waals surface area (Å²) in [6, 6.07) is 19.0. The Hall–Kier alpha value is -3.91. The lowest BCUT2D eigenvalue weighted by Gasteiger charge is -2.15. The van der Waals surface area contributed by atoms with Gasteiger partial charge in [0, 0.05) is 11.3 Å². The Balaban J connectivity index is 1.36. The molecule has 0 aliphatic heterocycles. The molecule has 4 rings (SSSR count). The van der Waals surface area contributed by atoms with Crippen LogP contribution in [0.5, 0.6) is 11.5 Å². The maximum absolute atomic E-state index is 12.4. The van der Waals surface area contributed by atoms with E-state index in [2.05, 4.69) is 29.5 Å². The van der Waals surface area contributed by atoms with Crippen LogP contribution < -0.4 is 20.1 Å². The van der Waals surface area contributed by atoms with Gasteiger partial charge in [0.25, 0.3) is 5.91 Å². The predicted octanol–water partition coefficient (Wildman–Crippen LogP) is 6.22.